The predicted molar refractivity (Wildman–Crippen MR) is 195 cm³/mol. The highest BCUT2D eigenvalue weighted by Crippen LogP contribution is 2.31. The summed E-state index contributed by atoms with van der Waals surface area (Å²) in [5, 5.41) is 19.0. The highest BCUT2D eigenvalue weighted by Gasteiger charge is 2.17. The summed E-state index contributed by atoms with van der Waals surface area (Å²) in [6.45, 7) is 11.8. The molecule has 0 radical (unpaired) electrons. The zero-order valence-electron chi connectivity index (χ0n) is 27.9. The third kappa shape index (κ3) is 8.95. The predicted octanol–water partition coefficient (Wildman–Crippen LogP) is 6.29. The standard InChI is InChI=1S/C38H48N8O/c1-5-32(26(2)3)36(46-38(44-25-39-4)43-23-27-16-19-40-20-17-27)42-24-30-12-8-9-13-33(30)35-34-15-14-31(22-29(34)18-21-41-35)45-37(47)28-10-6-7-11-28/h5,8-10,12-15,18,21-22,25-27,40,42H,1,6-7,11,16-17,19-20,23-24H2,2-4H3,(H,45,47)(H2,39,43,44,46)/b36-32-. The third-order valence-electron chi connectivity index (χ3n) is 8.75. The number of allylic oxidation sites excluding steroid dienone is 3. The van der Waals surface area contributed by atoms with Gasteiger partial charge in [-0.25, -0.2) is 0 Å². The van der Waals surface area contributed by atoms with Gasteiger partial charge in [-0.3, -0.25) is 19.8 Å². The highest BCUT2D eigenvalue weighted by atomic mass is 16.1. The minimum absolute atomic E-state index is 0.0121. The number of guanidine groups is 1. The van der Waals surface area contributed by atoms with Crippen molar-refractivity contribution in [1.29, 1.82) is 0 Å². The Hall–Kier alpha value is -4.76. The molecule has 1 fully saturated rings. The van der Waals surface area contributed by atoms with Crippen LogP contribution in [0.15, 0.2) is 100 Å². The molecule has 0 bridgehead atoms. The van der Waals surface area contributed by atoms with Gasteiger partial charge in [-0.1, -0.05) is 62.9 Å². The van der Waals surface area contributed by atoms with Crippen LogP contribution in [0.5, 0.6) is 0 Å². The number of piperidine rings is 1. The quantitative estimate of drug-likeness (QED) is 0.0912. The molecule has 1 saturated heterocycles. The van der Waals surface area contributed by atoms with Crippen molar-refractivity contribution in [1.82, 2.24) is 26.3 Å². The van der Waals surface area contributed by atoms with Gasteiger partial charge in [-0.05, 0) is 91.8 Å². The van der Waals surface area contributed by atoms with Crippen LogP contribution in [0, 0.1) is 11.8 Å². The molecule has 5 rings (SSSR count). The fraction of sp³-hybridized carbons (Fsp3) is 0.368. The Kier molecular flexibility index (Phi) is 11.9. The maximum Gasteiger partial charge on any atom is 0.251 e. The number of fused-ring (bicyclic) bond motifs is 1. The summed E-state index contributed by atoms with van der Waals surface area (Å²) < 4.78 is 0. The van der Waals surface area contributed by atoms with Crippen molar-refractivity contribution in [2.45, 2.75) is 52.5 Å². The van der Waals surface area contributed by atoms with E-state index in [2.05, 4.69) is 70.2 Å². The Balaban J connectivity index is 1.39. The van der Waals surface area contributed by atoms with Gasteiger partial charge in [0.2, 0.25) is 5.96 Å². The van der Waals surface area contributed by atoms with Crippen molar-refractivity contribution < 1.29 is 4.79 Å². The number of carbonyl (C=O) groups is 1. The number of hydrogen-bond donors (Lipinski definition) is 5. The first kappa shape index (κ1) is 33.6. The highest BCUT2D eigenvalue weighted by molar-refractivity contribution is 6.05. The maximum absolute atomic E-state index is 12.7. The molecule has 2 aliphatic rings. The van der Waals surface area contributed by atoms with Gasteiger partial charge < -0.3 is 26.6 Å². The van der Waals surface area contributed by atoms with E-state index in [1.807, 2.05) is 48.7 Å². The molecular formula is C38H48N8O. The van der Waals surface area contributed by atoms with Crippen molar-refractivity contribution in [2.24, 2.45) is 21.8 Å². The molecule has 246 valence electrons. The maximum atomic E-state index is 12.7. The molecule has 1 aliphatic heterocycles. The van der Waals surface area contributed by atoms with E-state index in [0.29, 0.717) is 18.4 Å². The summed E-state index contributed by atoms with van der Waals surface area (Å²) in [5.74, 6) is 2.25. The molecule has 1 aliphatic carbocycles. The number of rotatable bonds is 12. The van der Waals surface area contributed by atoms with Gasteiger partial charge in [0.25, 0.3) is 5.91 Å². The molecule has 9 heteroatoms. The van der Waals surface area contributed by atoms with E-state index in [9.17, 15) is 4.79 Å². The van der Waals surface area contributed by atoms with E-state index < -0.39 is 0 Å². The van der Waals surface area contributed by atoms with Crippen LogP contribution in [-0.2, 0) is 11.3 Å². The Labute approximate surface area is 278 Å². The number of carbonyl (C=O) groups excluding carboxylic acids is 1. The van der Waals surface area contributed by atoms with E-state index in [0.717, 1.165) is 102 Å². The molecule has 1 aromatic heterocycles. The lowest BCUT2D eigenvalue weighted by Crippen LogP contribution is -2.41. The van der Waals surface area contributed by atoms with Crippen LogP contribution in [0.4, 0.5) is 5.69 Å². The van der Waals surface area contributed by atoms with Crippen LogP contribution in [-0.4, -0.2) is 49.9 Å². The molecule has 2 heterocycles. The summed E-state index contributed by atoms with van der Waals surface area (Å²) in [6, 6.07) is 16.4. The average Bonchev–Trinajstić information content (AvgIpc) is 3.64. The fourth-order valence-electron chi connectivity index (χ4n) is 6.14. The number of nitrogens with zero attached hydrogens (tertiary/aromatic N) is 3. The van der Waals surface area contributed by atoms with Crippen molar-refractivity contribution in [3.8, 4) is 11.3 Å². The lowest BCUT2D eigenvalue weighted by Gasteiger charge is -2.23. The van der Waals surface area contributed by atoms with Gasteiger partial charge >= 0.3 is 0 Å². The molecule has 0 atom stereocenters. The van der Waals surface area contributed by atoms with Gasteiger partial charge in [-0.15, -0.1) is 0 Å². The third-order valence-corrected chi connectivity index (χ3v) is 8.75. The number of pyridine rings is 1. The zero-order valence-corrected chi connectivity index (χ0v) is 27.9. The molecular weight excluding hydrogens is 584 g/mol. The zero-order chi connectivity index (χ0) is 33.0. The molecule has 2 aromatic carbocycles. The topological polar surface area (TPSA) is 115 Å². The summed E-state index contributed by atoms with van der Waals surface area (Å²) in [4.78, 5) is 26.6. The molecule has 0 saturated carbocycles. The first-order valence-electron chi connectivity index (χ1n) is 16.7. The van der Waals surface area contributed by atoms with Crippen molar-refractivity contribution in [3.05, 3.63) is 96.0 Å². The first-order valence-corrected chi connectivity index (χ1v) is 16.7. The monoisotopic (exact) mass is 632 g/mol. The van der Waals surface area contributed by atoms with Crippen LogP contribution >= 0.6 is 0 Å². The Bertz CT molecular complexity index is 1680. The van der Waals surface area contributed by atoms with Crippen LogP contribution in [0.25, 0.3) is 22.0 Å². The second-order valence-electron chi connectivity index (χ2n) is 12.4. The van der Waals surface area contributed by atoms with E-state index >= 15 is 0 Å². The fourth-order valence-corrected chi connectivity index (χ4v) is 6.14. The molecule has 1 amide bonds. The lowest BCUT2D eigenvalue weighted by atomic mass is 9.98. The molecule has 0 unspecified atom stereocenters. The normalized spacial score (nSPS) is 16.3. The van der Waals surface area contributed by atoms with Gasteiger partial charge in [0.15, 0.2) is 0 Å². The minimum atomic E-state index is -0.0121. The van der Waals surface area contributed by atoms with Gasteiger partial charge in [-0.2, -0.15) is 0 Å². The summed E-state index contributed by atoms with van der Waals surface area (Å²) >= 11 is 0. The molecule has 3 aromatic rings. The largest absolute Gasteiger partial charge is 0.367 e. The lowest BCUT2D eigenvalue weighted by molar-refractivity contribution is -0.112. The van der Waals surface area contributed by atoms with Crippen molar-refractivity contribution >= 4 is 34.7 Å². The smallest absolute Gasteiger partial charge is 0.251 e. The summed E-state index contributed by atoms with van der Waals surface area (Å²) in [5.41, 5.74) is 5.75. The van der Waals surface area contributed by atoms with Crippen LogP contribution in [0.3, 0.4) is 0 Å². The van der Waals surface area contributed by atoms with Crippen molar-refractivity contribution in [3.63, 3.8) is 0 Å². The van der Waals surface area contributed by atoms with Gasteiger partial charge in [0.1, 0.15) is 5.82 Å². The van der Waals surface area contributed by atoms with Crippen molar-refractivity contribution in [2.75, 3.05) is 32.0 Å². The summed E-state index contributed by atoms with van der Waals surface area (Å²) in [7, 11) is 1.74. The first-order chi connectivity index (χ1) is 23.0. The van der Waals surface area contributed by atoms with Crippen LogP contribution < -0.4 is 26.6 Å². The van der Waals surface area contributed by atoms with E-state index in [-0.39, 0.29) is 11.8 Å². The Morgan fingerprint density at radius 1 is 1.15 bits per heavy atom. The SMILES string of the molecule is C=C/C(=C(\NCc1ccccc1-c1nccc2cc(NC(=O)C3=CCCC3)ccc12)NC(=NCC1CCNCC1)NC=NC)C(C)C. The minimum Gasteiger partial charge on any atom is -0.367 e. The van der Waals surface area contributed by atoms with E-state index in [1.165, 1.54) is 0 Å². The average molecular weight is 633 g/mol. The number of amides is 1. The van der Waals surface area contributed by atoms with Crippen LogP contribution in [0.1, 0.15) is 51.5 Å². The van der Waals surface area contributed by atoms with E-state index in [1.54, 1.807) is 13.4 Å². The molecule has 0 spiro atoms. The molecule has 9 nitrogen and oxygen atoms in total. The molecule has 5 N–H and O–H groups in total. The summed E-state index contributed by atoms with van der Waals surface area (Å²) in [6.07, 6.45) is 12.5. The number of anilines is 1. The Morgan fingerprint density at radius 2 is 1.98 bits per heavy atom. The number of aliphatic imine (C=N–C) groups is 2. The number of hydrogen-bond acceptors (Lipinski definition) is 6. The van der Waals surface area contributed by atoms with E-state index in [4.69, 9.17) is 9.98 Å². The number of nitrogens with one attached hydrogen (secondary N) is 5. The number of aromatic nitrogens is 1. The molecule has 47 heavy (non-hydrogen) atoms. The second-order valence-corrected chi connectivity index (χ2v) is 12.4. The van der Waals surface area contributed by atoms with Gasteiger partial charge in [0.05, 0.1) is 12.0 Å². The van der Waals surface area contributed by atoms with Crippen LogP contribution in [0.2, 0.25) is 0 Å². The van der Waals surface area contributed by atoms with Gasteiger partial charge in [0, 0.05) is 48.5 Å². The Morgan fingerprint density at radius 3 is 2.72 bits per heavy atom. The second kappa shape index (κ2) is 16.7. The number of benzene rings is 2.